The minimum absolute atomic E-state index is 0.0476. The molecule has 1 aliphatic heterocycles. The van der Waals surface area contributed by atoms with Crippen molar-refractivity contribution < 1.29 is 16.8 Å². The highest BCUT2D eigenvalue weighted by atomic mass is 32.2. The maximum atomic E-state index is 13.1. The lowest BCUT2D eigenvalue weighted by atomic mass is 9.95. The van der Waals surface area contributed by atoms with Crippen molar-refractivity contribution in [2.75, 3.05) is 19.3 Å². The predicted molar refractivity (Wildman–Crippen MR) is 92.1 cm³/mol. The highest BCUT2D eigenvalue weighted by Crippen LogP contribution is 2.33. The fourth-order valence-corrected chi connectivity index (χ4v) is 6.39. The van der Waals surface area contributed by atoms with Gasteiger partial charge in [-0.25, -0.2) is 16.8 Å². The first-order valence-corrected chi connectivity index (χ1v) is 11.0. The normalized spacial score (nSPS) is 20.2. The smallest absolute Gasteiger partial charge is 0.229 e. The van der Waals surface area contributed by atoms with E-state index >= 15 is 0 Å². The Labute approximate surface area is 139 Å². The zero-order valence-corrected chi connectivity index (χ0v) is 16.2. The van der Waals surface area contributed by atoms with E-state index in [1.54, 1.807) is 0 Å². The van der Waals surface area contributed by atoms with Crippen molar-refractivity contribution in [1.82, 2.24) is 4.31 Å². The molecule has 1 fully saturated rings. The zero-order valence-electron chi connectivity index (χ0n) is 14.6. The first-order valence-electron chi connectivity index (χ1n) is 7.65. The van der Waals surface area contributed by atoms with E-state index in [-0.39, 0.29) is 13.1 Å². The SMILES string of the molecule is Cc1c(C)c(C)c(S(=O)(=O)N2CCC(S(C)(=O)=O)C2)c(C)c1C. The Morgan fingerprint density at radius 2 is 1.26 bits per heavy atom. The molecule has 0 saturated carbocycles. The molecule has 23 heavy (non-hydrogen) atoms. The summed E-state index contributed by atoms with van der Waals surface area (Å²) >= 11 is 0. The second-order valence-electron chi connectivity index (χ2n) is 6.56. The van der Waals surface area contributed by atoms with Gasteiger partial charge >= 0.3 is 0 Å². The third-order valence-electron chi connectivity index (χ3n) is 5.24. The van der Waals surface area contributed by atoms with Crippen LogP contribution in [-0.2, 0) is 19.9 Å². The van der Waals surface area contributed by atoms with E-state index in [0.29, 0.717) is 11.3 Å². The van der Waals surface area contributed by atoms with Crippen LogP contribution in [-0.4, -0.2) is 45.7 Å². The van der Waals surface area contributed by atoms with E-state index in [0.717, 1.165) is 27.8 Å². The summed E-state index contributed by atoms with van der Waals surface area (Å²) in [5, 5.41) is -0.606. The highest BCUT2D eigenvalue weighted by Gasteiger charge is 2.38. The van der Waals surface area contributed by atoms with Crippen molar-refractivity contribution in [3.05, 3.63) is 27.8 Å². The number of sulfone groups is 1. The lowest BCUT2D eigenvalue weighted by Crippen LogP contribution is -2.32. The first-order chi connectivity index (χ1) is 10.4. The predicted octanol–water partition coefficient (Wildman–Crippen LogP) is 2.04. The molecule has 5 nitrogen and oxygen atoms in total. The third kappa shape index (κ3) is 3.06. The molecule has 1 saturated heterocycles. The van der Waals surface area contributed by atoms with Gasteiger partial charge in [0.15, 0.2) is 9.84 Å². The summed E-state index contributed by atoms with van der Waals surface area (Å²) < 4.78 is 50.9. The fraction of sp³-hybridized carbons (Fsp3) is 0.625. The van der Waals surface area contributed by atoms with Crippen LogP contribution in [0.25, 0.3) is 0 Å². The van der Waals surface area contributed by atoms with Gasteiger partial charge in [0.25, 0.3) is 0 Å². The molecule has 7 heteroatoms. The summed E-state index contributed by atoms with van der Waals surface area (Å²) in [6.45, 7) is 9.81. The van der Waals surface area contributed by atoms with Gasteiger partial charge in [0.05, 0.1) is 10.1 Å². The van der Waals surface area contributed by atoms with Gasteiger partial charge in [-0.05, 0) is 68.9 Å². The summed E-state index contributed by atoms with van der Waals surface area (Å²) in [6, 6.07) is 0. The average Bonchev–Trinajstić information content (AvgIpc) is 2.93. The van der Waals surface area contributed by atoms with Crippen molar-refractivity contribution in [1.29, 1.82) is 0 Å². The maximum absolute atomic E-state index is 13.1. The second-order valence-corrected chi connectivity index (χ2v) is 10.8. The topological polar surface area (TPSA) is 71.5 Å². The largest absolute Gasteiger partial charge is 0.243 e. The fourth-order valence-electron chi connectivity index (χ4n) is 3.25. The maximum Gasteiger partial charge on any atom is 0.243 e. The first kappa shape index (κ1) is 18.4. The summed E-state index contributed by atoms with van der Waals surface area (Å²) in [5.74, 6) is 0. The van der Waals surface area contributed by atoms with E-state index < -0.39 is 25.1 Å². The van der Waals surface area contributed by atoms with Gasteiger partial charge in [0.2, 0.25) is 10.0 Å². The monoisotopic (exact) mass is 359 g/mol. The molecule has 0 bridgehead atoms. The summed E-state index contributed by atoms with van der Waals surface area (Å²) in [5.41, 5.74) is 4.58. The van der Waals surface area contributed by atoms with Crippen molar-refractivity contribution in [2.24, 2.45) is 0 Å². The zero-order chi connectivity index (χ0) is 17.7. The molecule has 0 N–H and O–H groups in total. The molecule has 0 amide bonds. The Bertz CT molecular complexity index is 826. The quantitative estimate of drug-likeness (QED) is 0.828. The molecule has 1 aliphatic rings. The number of hydrogen-bond donors (Lipinski definition) is 0. The minimum Gasteiger partial charge on any atom is -0.229 e. The standard InChI is InChI=1S/C16H25NO4S2/c1-10-11(2)13(4)16(14(5)12(10)3)23(20,21)17-8-7-15(9-17)22(6,18)19/h15H,7-9H2,1-6H3. The molecule has 1 aromatic rings. The Morgan fingerprint density at radius 1 is 0.826 bits per heavy atom. The van der Waals surface area contributed by atoms with Crippen molar-refractivity contribution >= 4 is 19.9 Å². The van der Waals surface area contributed by atoms with Gasteiger partial charge < -0.3 is 0 Å². The number of nitrogens with zero attached hydrogens (tertiary/aromatic N) is 1. The second kappa shape index (κ2) is 5.86. The van der Waals surface area contributed by atoms with Crippen LogP contribution in [0.5, 0.6) is 0 Å². The molecule has 0 aliphatic carbocycles. The van der Waals surface area contributed by atoms with Gasteiger partial charge in [-0.15, -0.1) is 0 Å². The Hall–Kier alpha value is -0.920. The third-order valence-corrected chi connectivity index (χ3v) is 8.98. The molecule has 1 atom stereocenters. The van der Waals surface area contributed by atoms with Gasteiger partial charge in [-0.3, -0.25) is 0 Å². The Kier molecular flexibility index (Phi) is 4.69. The summed E-state index contributed by atoms with van der Waals surface area (Å²) in [7, 11) is -6.91. The minimum atomic E-state index is -3.69. The molecule has 1 unspecified atom stereocenters. The van der Waals surface area contributed by atoms with Crippen molar-refractivity contribution in [2.45, 2.75) is 51.2 Å². The van der Waals surface area contributed by atoms with Crippen molar-refractivity contribution in [3.8, 4) is 0 Å². The molecular formula is C16H25NO4S2. The summed E-state index contributed by atoms with van der Waals surface area (Å²) in [6.07, 6.45) is 1.53. The van der Waals surface area contributed by atoms with Gasteiger partial charge in [-0.1, -0.05) is 0 Å². The molecule has 1 aromatic carbocycles. The molecule has 130 valence electrons. The van der Waals surface area contributed by atoms with Gasteiger partial charge in [0.1, 0.15) is 0 Å². The molecule has 0 radical (unpaired) electrons. The van der Waals surface area contributed by atoms with E-state index in [1.807, 2.05) is 34.6 Å². The van der Waals surface area contributed by atoms with Gasteiger partial charge in [0, 0.05) is 19.3 Å². The van der Waals surface area contributed by atoms with Crippen LogP contribution in [0.2, 0.25) is 0 Å². The van der Waals surface area contributed by atoms with Crippen LogP contribution >= 0.6 is 0 Å². The number of benzene rings is 1. The molecule has 2 rings (SSSR count). The number of sulfonamides is 1. The molecule has 0 spiro atoms. The van der Waals surface area contributed by atoms with Crippen LogP contribution < -0.4 is 0 Å². The van der Waals surface area contributed by atoms with Crippen LogP contribution in [0.15, 0.2) is 4.90 Å². The number of rotatable bonds is 3. The van der Waals surface area contributed by atoms with Gasteiger partial charge in [-0.2, -0.15) is 4.31 Å². The van der Waals surface area contributed by atoms with E-state index in [1.165, 1.54) is 10.6 Å². The lowest BCUT2D eigenvalue weighted by Gasteiger charge is -2.23. The highest BCUT2D eigenvalue weighted by molar-refractivity contribution is 7.91. The molecular weight excluding hydrogens is 334 g/mol. The molecule has 0 aromatic heterocycles. The Balaban J connectivity index is 2.55. The summed E-state index contributed by atoms with van der Waals surface area (Å²) in [4.78, 5) is 0.340. The number of hydrogen-bond acceptors (Lipinski definition) is 4. The van der Waals surface area contributed by atoms with E-state index in [4.69, 9.17) is 0 Å². The van der Waals surface area contributed by atoms with Crippen LogP contribution in [0.4, 0.5) is 0 Å². The van der Waals surface area contributed by atoms with Crippen LogP contribution in [0, 0.1) is 34.6 Å². The van der Waals surface area contributed by atoms with Crippen LogP contribution in [0.3, 0.4) is 0 Å². The van der Waals surface area contributed by atoms with E-state index in [9.17, 15) is 16.8 Å². The Morgan fingerprint density at radius 3 is 1.65 bits per heavy atom. The molecule has 1 heterocycles. The average molecular weight is 360 g/mol. The van der Waals surface area contributed by atoms with Crippen molar-refractivity contribution in [3.63, 3.8) is 0 Å². The lowest BCUT2D eigenvalue weighted by molar-refractivity contribution is 0.475. The van der Waals surface area contributed by atoms with E-state index in [2.05, 4.69) is 0 Å². The van der Waals surface area contributed by atoms with Crippen LogP contribution in [0.1, 0.15) is 34.2 Å².